The van der Waals surface area contributed by atoms with Gasteiger partial charge >= 0.3 is 6.03 Å². The number of aromatic nitrogens is 2. The summed E-state index contributed by atoms with van der Waals surface area (Å²) in [6.07, 6.45) is 4.69. The lowest BCUT2D eigenvalue weighted by Crippen LogP contribution is -2.46. The molecular weight excluding hydrogens is 432 g/mol. The minimum Gasteiger partial charge on any atom is -0.479 e. The summed E-state index contributed by atoms with van der Waals surface area (Å²) >= 11 is 0. The molecule has 0 bridgehead atoms. The van der Waals surface area contributed by atoms with Gasteiger partial charge in [0.05, 0.1) is 13.3 Å². The van der Waals surface area contributed by atoms with Crippen LogP contribution in [0.4, 0.5) is 10.5 Å². The Labute approximate surface area is 201 Å². The summed E-state index contributed by atoms with van der Waals surface area (Å²) in [5, 5.41) is 9.17. The Hall–Kier alpha value is -3.22. The molecule has 1 aliphatic rings. The quantitative estimate of drug-likeness (QED) is 0.551. The van der Waals surface area contributed by atoms with Crippen molar-refractivity contribution in [3.8, 4) is 11.9 Å². The molecule has 2 aromatic rings. The molecule has 0 radical (unpaired) electrons. The van der Waals surface area contributed by atoms with E-state index in [-0.39, 0.29) is 23.3 Å². The van der Waals surface area contributed by atoms with E-state index in [1.807, 2.05) is 17.0 Å². The van der Waals surface area contributed by atoms with Crippen LogP contribution in [-0.2, 0) is 10.3 Å². The smallest absolute Gasteiger partial charge is 0.324 e. The number of urea groups is 1. The predicted octanol–water partition coefficient (Wildman–Crippen LogP) is 3.26. The molecule has 1 fully saturated rings. The molecule has 0 N–H and O–H groups in total. The Morgan fingerprint density at radius 1 is 1.18 bits per heavy atom. The predicted molar refractivity (Wildman–Crippen MR) is 130 cm³/mol. The van der Waals surface area contributed by atoms with Gasteiger partial charge in [-0.2, -0.15) is 10.2 Å². The van der Waals surface area contributed by atoms with Crippen LogP contribution >= 0.6 is 0 Å². The van der Waals surface area contributed by atoms with Gasteiger partial charge in [-0.05, 0) is 45.3 Å². The van der Waals surface area contributed by atoms with Crippen molar-refractivity contribution in [3.63, 3.8) is 0 Å². The van der Waals surface area contributed by atoms with E-state index < -0.39 is 0 Å². The molecule has 0 aliphatic carbocycles. The standard InChI is InChI=1S/C25H34N6O3/c1-29(2)25(20-10-6-5-7-11-20)12-8-15-31(21-19-27-22(18-26)28-23(21)34-4)24(32)30(16-13-25)14-9-17-33-3/h5-7,10-11,19H,8-9,12-17H2,1-4H3/t25-/m0/s1. The van der Waals surface area contributed by atoms with Crippen LogP contribution < -0.4 is 9.64 Å². The van der Waals surface area contributed by atoms with E-state index >= 15 is 0 Å². The van der Waals surface area contributed by atoms with Crippen molar-refractivity contribution in [2.45, 2.75) is 31.2 Å². The summed E-state index contributed by atoms with van der Waals surface area (Å²) in [7, 11) is 7.36. The van der Waals surface area contributed by atoms with Gasteiger partial charge in [-0.3, -0.25) is 9.80 Å². The third kappa shape index (κ3) is 5.46. The minimum atomic E-state index is -0.206. The number of carbonyl (C=O) groups is 1. The fraction of sp³-hybridized carbons (Fsp3) is 0.520. The van der Waals surface area contributed by atoms with Gasteiger partial charge in [0.15, 0.2) is 0 Å². The maximum absolute atomic E-state index is 13.8. The first-order chi connectivity index (χ1) is 16.5. The van der Waals surface area contributed by atoms with Crippen molar-refractivity contribution < 1.29 is 14.3 Å². The van der Waals surface area contributed by atoms with Crippen LogP contribution in [-0.4, -0.2) is 80.4 Å². The zero-order valence-electron chi connectivity index (χ0n) is 20.5. The monoisotopic (exact) mass is 466 g/mol. The van der Waals surface area contributed by atoms with Crippen LogP contribution in [0.3, 0.4) is 0 Å². The Morgan fingerprint density at radius 2 is 1.94 bits per heavy atom. The number of rotatable bonds is 8. The SMILES string of the molecule is COCCCN1CC[C@@](c2ccccc2)(N(C)C)CCCN(c2cnc(C#N)nc2OC)C1=O. The molecule has 2 amide bonds. The van der Waals surface area contributed by atoms with Gasteiger partial charge in [-0.25, -0.2) is 9.78 Å². The second kappa shape index (κ2) is 11.8. The second-order valence-corrected chi connectivity index (χ2v) is 8.61. The Bertz CT molecular complexity index is 994. The first-order valence-electron chi connectivity index (χ1n) is 11.6. The summed E-state index contributed by atoms with van der Waals surface area (Å²) < 4.78 is 10.7. The van der Waals surface area contributed by atoms with Gasteiger partial charge < -0.3 is 14.4 Å². The summed E-state index contributed by atoms with van der Waals surface area (Å²) in [6, 6.07) is 12.3. The topological polar surface area (TPSA) is 94.8 Å². The average molecular weight is 467 g/mol. The van der Waals surface area contributed by atoms with Gasteiger partial charge in [-0.1, -0.05) is 30.3 Å². The minimum absolute atomic E-state index is 0.00460. The van der Waals surface area contributed by atoms with E-state index in [9.17, 15) is 10.1 Å². The number of carbonyl (C=O) groups excluding carboxylic acids is 1. The highest BCUT2D eigenvalue weighted by molar-refractivity contribution is 5.93. The lowest BCUT2D eigenvalue weighted by Gasteiger charge is -2.41. The molecule has 9 heteroatoms. The van der Waals surface area contributed by atoms with E-state index in [1.165, 1.54) is 18.9 Å². The number of ether oxygens (including phenoxy) is 2. The molecule has 34 heavy (non-hydrogen) atoms. The number of amides is 2. The normalized spacial score (nSPS) is 19.4. The number of benzene rings is 1. The van der Waals surface area contributed by atoms with Crippen LogP contribution in [0.15, 0.2) is 36.5 Å². The highest BCUT2D eigenvalue weighted by Gasteiger charge is 2.38. The zero-order valence-corrected chi connectivity index (χ0v) is 20.5. The van der Waals surface area contributed by atoms with Gasteiger partial charge in [0.2, 0.25) is 11.7 Å². The van der Waals surface area contributed by atoms with Crippen LogP contribution in [0.1, 0.15) is 37.1 Å². The highest BCUT2D eigenvalue weighted by Crippen LogP contribution is 2.37. The molecule has 2 heterocycles. The van der Waals surface area contributed by atoms with Gasteiger partial charge in [-0.15, -0.1) is 0 Å². The highest BCUT2D eigenvalue weighted by atomic mass is 16.5. The summed E-state index contributed by atoms with van der Waals surface area (Å²) in [5.41, 5.74) is 1.51. The largest absolute Gasteiger partial charge is 0.479 e. The number of hydrogen-bond donors (Lipinski definition) is 0. The second-order valence-electron chi connectivity index (χ2n) is 8.61. The molecule has 182 valence electrons. The van der Waals surface area contributed by atoms with Crippen LogP contribution in [0.2, 0.25) is 0 Å². The van der Waals surface area contributed by atoms with E-state index in [0.29, 0.717) is 31.9 Å². The molecule has 0 spiro atoms. The Balaban J connectivity index is 2.01. The van der Waals surface area contributed by atoms with E-state index in [2.05, 4.69) is 53.2 Å². The van der Waals surface area contributed by atoms with Gasteiger partial charge in [0.25, 0.3) is 0 Å². The van der Waals surface area contributed by atoms with E-state index in [1.54, 1.807) is 12.0 Å². The molecule has 1 aromatic heterocycles. The van der Waals surface area contributed by atoms with Crippen molar-refractivity contribution in [3.05, 3.63) is 47.9 Å². The number of hydrogen-bond acceptors (Lipinski definition) is 7. The molecule has 1 aliphatic heterocycles. The molecule has 0 saturated carbocycles. The Kier molecular flexibility index (Phi) is 8.79. The van der Waals surface area contributed by atoms with Crippen LogP contribution in [0.25, 0.3) is 0 Å². The van der Waals surface area contributed by atoms with Crippen molar-refractivity contribution in [1.29, 1.82) is 5.26 Å². The fourth-order valence-electron chi connectivity index (χ4n) is 4.66. The van der Waals surface area contributed by atoms with Gasteiger partial charge in [0, 0.05) is 38.9 Å². The molecule has 1 atom stereocenters. The maximum atomic E-state index is 13.8. The first-order valence-corrected chi connectivity index (χ1v) is 11.6. The average Bonchev–Trinajstić information content (AvgIpc) is 2.93. The molecule has 1 aromatic carbocycles. The lowest BCUT2D eigenvalue weighted by atomic mass is 9.81. The first kappa shape index (κ1) is 25.4. The van der Waals surface area contributed by atoms with Crippen molar-refractivity contribution in [1.82, 2.24) is 19.8 Å². The molecule has 0 unspecified atom stereocenters. The van der Waals surface area contributed by atoms with E-state index in [0.717, 1.165) is 25.7 Å². The lowest BCUT2D eigenvalue weighted by molar-refractivity contribution is 0.109. The van der Waals surface area contributed by atoms with Crippen molar-refractivity contribution >= 4 is 11.7 Å². The molecule has 3 rings (SSSR count). The number of methoxy groups -OCH3 is 2. The molecule has 9 nitrogen and oxygen atoms in total. The molecular formula is C25H34N6O3. The third-order valence-electron chi connectivity index (χ3n) is 6.53. The fourth-order valence-corrected chi connectivity index (χ4v) is 4.66. The maximum Gasteiger partial charge on any atom is 0.324 e. The zero-order chi connectivity index (χ0) is 24.6. The number of nitriles is 1. The van der Waals surface area contributed by atoms with E-state index in [4.69, 9.17) is 9.47 Å². The summed E-state index contributed by atoms with van der Waals surface area (Å²) in [6.45, 7) is 2.21. The number of nitrogens with zero attached hydrogens (tertiary/aromatic N) is 6. The number of anilines is 1. The summed E-state index contributed by atoms with van der Waals surface area (Å²) in [4.78, 5) is 27.9. The summed E-state index contributed by atoms with van der Waals surface area (Å²) in [5.74, 6) is 0.225. The third-order valence-corrected chi connectivity index (χ3v) is 6.53. The van der Waals surface area contributed by atoms with Crippen molar-refractivity contribution in [2.24, 2.45) is 0 Å². The molecule has 1 saturated heterocycles. The van der Waals surface area contributed by atoms with Gasteiger partial charge in [0.1, 0.15) is 11.8 Å². The van der Waals surface area contributed by atoms with Crippen LogP contribution in [0.5, 0.6) is 5.88 Å². The van der Waals surface area contributed by atoms with Crippen LogP contribution in [0, 0.1) is 11.3 Å². The van der Waals surface area contributed by atoms with Crippen molar-refractivity contribution in [2.75, 3.05) is 59.5 Å². The Morgan fingerprint density at radius 3 is 2.59 bits per heavy atom.